The molecule has 17 nitrogen and oxygen atoms in total. The van der Waals surface area contributed by atoms with E-state index in [2.05, 4.69) is 30.8 Å². The van der Waals surface area contributed by atoms with E-state index in [-0.39, 0.29) is 49.3 Å². The number of aliphatic hydroxyl groups excluding tert-OH is 1. The topological polar surface area (TPSA) is 232 Å². The van der Waals surface area contributed by atoms with Gasteiger partial charge in [0.05, 0.1) is 39.3 Å². The number of nitrogen functional groups attached to an aromatic ring is 1. The van der Waals surface area contributed by atoms with Gasteiger partial charge in [0.1, 0.15) is 23.6 Å². The SMILES string of the molecule is Cc1ncsc1-c1ccc(CNC(=O)C2C[C@@H](O)CN2C(=O)[C@@H](NC(=O)CCCCCCn2cc(-c3cnc(N)c4c(-c5ccc(NS(=O)(=O)C(F)F)cc5)nn(C)c34)cn2)C(C)(C)C)cc1. The molecule has 3 atom stereocenters. The Morgan fingerprint density at radius 2 is 1.67 bits per heavy atom. The van der Waals surface area contributed by atoms with Crippen LogP contribution in [-0.2, 0) is 44.5 Å². The summed E-state index contributed by atoms with van der Waals surface area (Å²) in [6, 6.07) is 11.9. The average molecular weight is 960 g/mol. The summed E-state index contributed by atoms with van der Waals surface area (Å²) in [6.45, 7) is 8.40. The van der Waals surface area contributed by atoms with Crippen LogP contribution in [0.15, 0.2) is 72.6 Å². The molecule has 5 heterocycles. The number of carbonyl (C=O) groups excluding carboxylic acids is 3. The summed E-state index contributed by atoms with van der Waals surface area (Å²) in [5, 5.41) is 26.3. The second-order valence-electron chi connectivity index (χ2n) is 17.8. The van der Waals surface area contributed by atoms with Gasteiger partial charge in [0.25, 0.3) is 10.0 Å². The van der Waals surface area contributed by atoms with Crippen LogP contribution in [0.3, 0.4) is 0 Å². The summed E-state index contributed by atoms with van der Waals surface area (Å²) in [5.74, 6) is -4.38. The van der Waals surface area contributed by atoms with Gasteiger partial charge in [-0.3, -0.25) is 28.5 Å². The van der Waals surface area contributed by atoms with Gasteiger partial charge < -0.3 is 26.4 Å². The summed E-state index contributed by atoms with van der Waals surface area (Å²) < 4.78 is 54.3. The Bertz CT molecular complexity index is 2840. The summed E-state index contributed by atoms with van der Waals surface area (Å²) in [6.07, 6.45) is 7.70. The molecular weight excluding hydrogens is 905 g/mol. The first-order chi connectivity index (χ1) is 31.8. The first kappa shape index (κ1) is 48.6. The van der Waals surface area contributed by atoms with Crippen LogP contribution in [0.25, 0.3) is 43.7 Å². The summed E-state index contributed by atoms with van der Waals surface area (Å²) in [4.78, 5) is 52.0. The largest absolute Gasteiger partial charge is 0.391 e. The number of β-amino-alcohol motifs (C(OH)–C–C–N with tert-alkyl or cyclic N) is 1. The number of pyridine rings is 1. The molecule has 1 aliphatic rings. The van der Waals surface area contributed by atoms with Crippen molar-refractivity contribution in [3.8, 4) is 32.8 Å². The van der Waals surface area contributed by atoms with Crippen LogP contribution in [0.2, 0.25) is 0 Å². The van der Waals surface area contributed by atoms with Crippen molar-refractivity contribution in [2.45, 2.75) is 103 Å². The van der Waals surface area contributed by atoms with Crippen molar-refractivity contribution in [3.63, 3.8) is 0 Å². The maximum atomic E-state index is 14.1. The minimum atomic E-state index is -4.82. The van der Waals surface area contributed by atoms with Gasteiger partial charge in [-0.2, -0.15) is 19.0 Å². The highest BCUT2D eigenvalue weighted by Crippen LogP contribution is 2.37. The van der Waals surface area contributed by atoms with Crippen LogP contribution < -0.4 is 21.1 Å². The van der Waals surface area contributed by atoms with Crippen molar-refractivity contribution >= 4 is 61.5 Å². The lowest BCUT2D eigenvalue weighted by atomic mass is 9.85. The molecular formula is C46H55F2N11O6S2. The molecule has 0 saturated carbocycles. The minimum absolute atomic E-state index is 0.00652. The van der Waals surface area contributed by atoms with Crippen LogP contribution in [0.4, 0.5) is 20.3 Å². The number of hydrogen-bond acceptors (Lipinski definition) is 12. The van der Waals surface area contributed by atoms with Crippen molar-refractivity contribution < 1.29 is 36.7 Å². The van der Waals surface area contributed by atoms with Gasteiger partial charge in [-0.25, -0.2) is 18.4 Å². The highest BCUT2D eigenvalue weighted by Gasteiger charge is 2.44. The number of nitrogens with zero attached hydrogens (tertiary/aromatic N) is 7. The molecule has 0 aliphatic carbocycles. The lowest BCUT2D eigenvalue weighted by Crippen LogP contribution is -2.57. The van der Waals surface area contributed by atoms with Crippen molar-refractivity contribution in [1.82, 2.24) is 45.1 Å². The first-order valence-corrected chi connectivity index (χ1v) is 24.3. The highest BCUT2D eigenvalue weighted by atomic mass is 32.2. The molecule has 6 N–H and O–H groups in total. The number of rotatable bonds is 18. The molecule has 21 heteroatoms. The number of likely N-dealkylation sites (tertiary alicyclic amines) is 1. The lowest BCUT2D eigenvalue weighted by Gasteiger charge is -2.35. The fourth-order valence-corrected chi connectivity index (χ4v) is 9.57. The van der Waals surface area contributed by atoms with E-state index in [0.717, 1.165) is 52.1 Å². The number of fused-ring (bicyclic) bond motifs is 1. The molecule has 0 radical (unpaired) electrons. The summed E-state index contributed by atoms with van der Waals surface area (Å²) in [7, 11) is -3.06. The maximum absolute atomic E-state index is 14.1. The number of aryl methyl sites for hydroxylation is 3. The molecule has 6 aromatic rings. The third kappa shape index (κ3) is 11.3. The lowest BCUT2D eigenvalue weighted by molar-refractivity contribution is -0.144. The number of benzene rings is 2. The van der Waals surface area contributed by atoms with Crippen molar-refractivity contribution in [3.05, 3.63) is 83.9 Å². The third-order valence-electron chi connectivity index (χ3n) is 11.7. The van der Waals surface area contributed by atoms with Gasteiger partial charge in [-0.15, -0.1) is 11.3 Å². The van der Waals surface area contributed by atoms with Gasteiger partial charge in [0.15, 0.2) is 0 Å². The minimum Gasteiger partial charge on any atom is -0.391 e. The van der Waals surface area contributed by atoms with Gasteiger partial charge in [0, 0.05) is 74.3 Å². The predicted octanol–water partition coefficient (Wildman–Crippen LogP) is 6.24. The van der Waals surface area contributed by atoms with Crippen LogP contribution >= 0.6 is 11.3 Å². The fraction of sp³-hybridized carbons (Fsp3) is 0.413. The molecule has 0 spiro atoms. The van der Waals surface area contributed by atoms with Gasteiger partial charge in [0.2, 0.25) is 17.7 Å². The van der Waals surface area contributed by atoms with E-state index in [9.17, 15) is 36.7 Å². The highest BCUT2D eigenvalue weighted by molar-refractivity contribution is 7.93. The van der Waals surface area contributed by atoms with Gasteiger partial charge in [-0.05, 0) is 48.4 Å². The van der Waals surface area contributed by atoms with E-state index in [1.165, 1.54) is 17.0 Å². The fourth-order valence-electron chi connectivity index (χ4n) is 8.20. The molecule has 1 saturated heterocycles. The summed E-state index contributed by atoms with van der Waals surface area (Å²) in [5.41, 5.74) is 13.6. The van der Waals surface area contributed by atoms with E-state index in [4.69, 9.17) is 5.73 Å². The number of aliphatic hydroxyl groups is 1. The standard InChI is InChI=1S/C46H55F2N11O6S2/c1-27-40(66-26-52-27)30-13-11-28(12-14-30)21-51-43(62)35-20-33(60)25-59(35)44(63)41(46(2,3)4)54-36(61)10-8-6-7-9-19-58-24-31(22-53-58)34-23-50-42(49)37-38(55-57(5)39(34)37)29-15-17-32(18-16-29)56-67(64,65)45(47)48/h11-18,22-24,26,33,35,41,45,56,60H,6-10,19-21,25H2,1-5H3,(H2,49,50)(H,51,62)(H,54,61)/t33-,35?,41-/m1/s1. The summed E-state index contributed by atoms with van der Waals surface area (Å²) >= 11 is 1.57. The Labute approximate surface area is 391 Å². The van der Waals surface area contributed by atoms with Crippen molar-refractivity contribution in [2.75, 3.05) is 17.0 Å². The Morgan fingerprint density at radius 3 is 2.34 bits per heavy atom. The Morgan fingerprint density at radius 1 is 0.970 bits per heavy atom. The van der Waals surface area contributed by atoms with Crippen LogP contribution in [-0.4, -0.2) is 96.2 Å². The second-order valence-corrected chi connectivity index (χ2v) is 20.3. The van der Waals surface area contributed by atoms with E-state index in [0.29, 0.717) is 35.1 Å². The predicted molar refractivity (Wildman–Crippen MR) is 253 cm³/mol. The molecule has 1 aliphatic heterocycles. The number of anilines is 2. The number of thiazole rings is 1. The van der Waals surface area contributed by atoms with Crippen LogP contribution in [0.1, 0.15) is 70.6 Å². The zero-order valence-corrected chi connectivity index (χ0v) is 39.5. The number of aromatic nitrogens is 6. The number of halogens is 2. The zero-order valence-electron chi connectivity index (χ0n) is 37.9. The number of alkyl halides is 2. The molecule has 3 amide bonds. The van der Waals surface area contributed by atoms with E-state index in [1.54, 1.807) is 53.1 Å². The number of carbonyl (C=O) groups is 3. The number of hydrogen-bond donors (Lipinski definition) is 5. The third-order valence-corrected chi connectivity index (χ3v) is 13.7. The zero-order chi connectivity index (χ0) is 48.2. The van der Waals surface area contributed by atoms with E-state index >= 15 is 0 Å². The number of nitrogens with one attached hydrogen (secondary N) is 3. The van der Waals surface area contributed by atoms with Gasteiger partial charge >= 0.3 is 5.76 Å². The second kappa shape index (κ2) is 20.3. The maximum Gasteiger partial charge on any atom is 0.355 e. The first-order valence-electron chi connectivity index (χ1n) is 21.9. The van der Waals surface area contributed by atoms with Crippen LogP contribution in [0.5, 0.6) is 0 Å². The Kier molecular flexibility index (Phi) is 14.7. The molecule has 67 heavy (non-hydrogen) atoms. The van der Waals surface area contributed by atoms with E-state index in [1.807, 2.05) is 67.6 Å². The molecule has 0 bridgehead atoms. The van der Waals surface area contributed by atoms with Crippen molar-refractivity contribution in [2.24, 2.45) is 12.5 Å². The number of amides is 3. The number of sulfonamides is 1. The quantitative estimate of drug-likeness (QED) is 0.0606. The number of unbranched alkanes of at least 4 members (excludes halogenated alkanes) is 3. The monoisotopic (exact) mass is 959 g/mol. The molecule has 2 aromatic carbocycles. The van der Waals surface area contributed by atoms with E-state index < -0.39 is 45.3 Å². The molecule has 356 valence electrons. The Hall–Kier alpha value is -6.32. The normalized spacial score (nSPS) is 15.9. The molecule has 7 rings (SSSR count). The van der Waals surface area contributed by atoms with Gasteiger partial charge in [-0.1, -0.05) is 70.0 Å². The molecule has 1 unspecified atom stereocenters. The van der Waals surface area contributed by atoms with Crippen molar-refractivity contribution in [1.29, 1.82) is 0 Å². The number of nitrogens with two attached hydrogens (primary N) is 1. The van der Waals surface area contributed by atoms with Crippen LogP contribution in [0, 0.1) is 12.3 Å². The smallest absolute Gasteiger partial charge is 0.355 e. The molecule has 4 aromatic heterocycles. The Balaban J connectivity index is 0.889. The average Bonchev–Trinajstić information content (AvgIpc) is 4.10. The molecule has 1 fully saturated rings.